The molecule has 30 heavy (non-hydrogen) atoms. The van der Waals surface area contributed by atoms with Gasteiger partial charge in [0.25, 0.3) is 0 Å². The summed E-state index contributed by atoms with van der Waals surface area (Å²) < 4.78 is 2.07. The maximum atomic E-state index is 12.3. The lowest BCUT2D eigenvalue weighted by Crippen LogP contribution is -2.26. The van der Waals surface area contributed by atoms with E-state index in [-0.39, 0.29) is 5.91 Å². The molecule has 3 aromatic rings. The lowest BCUT2D eigenvalue weighted by Gasteiger charge is -2.08. The zero-order valence-corrected chi connectivity index (χ0v) is 19.5. The summed E-state index contributed by atoms with van der Waals surface area (Å²) in [6, 6.07) is 8.44. The number of amides is 1. The fraction of sp³-hybridized carbons (Fsp3) is 0.458. The molecule has 0 aliphatic heterocycles. The van der Waals surface area contributed by atoms with Crippen molar-refractivity contribution in [3.63, 3.8) is 0 Å². The molecule has 0 aliphatic rings. The first-order valence-corrected chi connectivity index (χ1v) is 11.5. The van der Waals surface area contributed by atoms with Gasteiger partial charge >= 0.3 is 0 Å². The van der Waals surface area contributed by atoms with Crippen molar-refractivity contribution in [1.29, 1.82) is 0 Å². The molecular weight excluding hydrogens is 392 g/mol. The molecule has 0 bridgehead atoms. The molecule has 0 saturated heterocycles. The summed E-state index contributed by atoms with van der Waals surface area (Å²) >= 11 is 1.66. The van der Waals surface area contributed by atoms with E-state index in [4.69, 9.17) is 0 Å². The molecule has 0 saturated carbocycles. The Kier molecular flexibility index (Phi) is 7.43. The predicted octanol–water partition coefficient (Wildman–Crippen LogP) is 4.88. The van der Waals surface area contributed by atoms with Gasteiger partial charge in [-0.2, -0.15) is 5.10 Å². The highest BCUT2D eigenvalue weighted by atomic mass is 32.1. The molecule has 0 fully saturated rings. The number of aromatic nitrogens is 3. The van der Waals surface area contributed by atoms with E-state index < -0.39 is 0 Å². The molecule has 0 aliphatic carbocycles. The molecule has 0 unspecified atom stereocenters. The molecule has 3 rings (SSSR count). The SMILES string of the molecule is Cc1nc(-c2ccc(CCNC(=O)CCc3c(C)nn(CC(C)C)c3C)cc2)cs1. The number of rotatable bonds is 9. The topological polar surface area (TPSA) is 59.8 Å². The molecule has 2 heterocycles. The largest absolute Gasteiger partial charge is 0.356 e. The van der Waals surface area contributed by atoms with Crippen molar-refractivity contribution in [2.45, 2.75) is 60.4 Å². The van der Waals surface area contributed by atoms with E-state index in [0.717, 1.165) is 41.3 Å². The number of nitrogens with zero attached hydrogens (tertiary/aromatic N) is 3. The van der Waals surface area contributed by atoms with Crippen molar-refractivity contribution < 1.29 is 4.79 Å². The van der Waals surface area contributed by atoms with Gasteiger partial charge in [0.15, 0.2) is 0 Å². The van der Waals surface area contributed by atoms with Crippen LogP contribution in [0.1, 0.15) is 47.8 Å². The van der Waals surface area contributed by atoms with Gasteiger partial charge in [0, 0.05) is 36.1 Å². The fourth-order valence-electron chi connectivity index (χ4n) is 3.63. The number of hydrogen-bond donors (Lipinski definition) is 1. The van der Waals surface area contributed by atoms with E-state index in [1.54, 1.807) is 11.3 Å². The van der Waals surface area contributed by atoms with Gasteiger partial charge in [-0.3, -0.25) is 9.48 Å². The number of benzene rings is 1. The predicted molar refractivity (Wildman–Crippen MR) is 124 cm³/mol. The van der Waals surface area contributed by atoms with Crippen LogP contribution in [0.25, 0.3) is 11.3 Å². The Bertz CT molecular complexity index is 985. The highest BCUT2D eigenvalue weighted by Gasteiger charge is 2.13. The number of hydrogen-bond acceptors (Lipinski definition) is 4. The number of aryl methyl sites for hydroxylation is 2. The summed E-state index contributed by atoms with van der Waals surface area (Å²) in [6.45, 7) is 12.1. The van der Waals surface area contributed by atoms with Crippen LogP contribution in [0, 0.1) is 26.7 Å². The minimum atomic E-state index is 0.0972. The van der Waals surface area contributed by atoms with Gasteiger partial charge in [0.2, 0.25) is 5.91 Å². The van der Waals surface area contributed by atoms with Crippen molar-refractivity contribution in [3.8, 4) is 11.3 Å². The quantitative estimate of drug-likeness (QED) is 0.533. The summed E-state index contributed by atoms with van der Waals surface area (Å²) in [5, 5.41) is 10.9. The minimum absolute atomic E-state index is 0.0972. The van der Waals surface area contributed by atoms with Crippen LogP contribution in [0.4, 0.5) is 0 Å². The maximum Gasteiger partial charge on any atom is 0.220 e. The second-order valence-corrected chi connectivity index (χ2v) is 9.34. The Balaban J connectivity index is 1.45. The van der Waals surface area contributed by atoms with E-state index in [1.807, 2.05) is 13.8 Å². The number of carbonyl (C=O) groups excluding carboxylic acids is 1. The summed E-state index contributed by atoms with van der Waals surface area (Å²) in [7, 11) is 0. The molecule has 0 radical (unpaired) electrons. The van der Waals surface area contributed by atoms with E-state index in [0.29, 0.717) is 18.9 Å². The van der Waals surface area contributed by atoms with Crippen molar-refractivity contribution >= 4 is 17.2 Å². The molecule has 6 heteroatoms. The lowest BCUT2D eigenvalue weighted by molar-refractivity contribution is -0.121. The molecule has 0 spiro atoms. The standard InChI is InChI=1S/C24H32N4OS/c1-16(2)14-28-18(4)22(17(3)27-28)10-11-24(29)25-13-12-20-6-8-21(9-7-20)23-15-30-19(5)26-23/h6-9,15-16H,10-14H2,1-5H3,(H,25,29). The van der Waals surface area contributed by atoms with E-state index in [2.05, 4.69) is 70.5 Å². The van der Waals surface area contributed by atoms with Crippen LogP contribution >= 0.6 is 11.3 Å². The van der Waals surface area contributed by atoms with Gasteiger partial charge in [-0.15, -0.1) is 11.3 Å². The van der Waals surface area contributed by atoms with Gasteiger partial charge in [-0.25, -0.2) is 4.98 Å². The number of thiazole rings is 1. The summed E-state index contributed by atoms with van der Waals surface area (Å²) in [5.41, 5.74) is 6.81. The van der Waals surface area contributed by atoms with E-state index in [1.165, 1.54) is 16.8 Å². The summed E-state index contributed by atoms with van der Waals surface area (Å²) in [6.07, 6.45) is 2.06. The van der Waals surface area contributed by atoms with Crippen LogP contribution in [-0.2, 0) is 24.2 Å². The number of nitrogens with one attached hydrogen (secondary N) is 1. The van der Waals surface area contributed by atoms with Crippen LogP contribution in [-0.4, -0.2) is 27.2 Å². The lowest BCUT2D eigenvalue weighted by atomic mass is 10.1. The van der Waals surface area contributed by atoms with Crippen molar-refractivity contribution in [3.05, 3.63) is 57.2 Å². The van der Waals surface area contributed by atoms with Crippen LogP contribution < -0.4 is 5.32 Å². The Hall–Kier alpha value is -2.47. The Morgan fingerprint density at radius 1 is 1.13 bits per heavy atom. The summed E-state index contributed by atoms with van der Waals surface area (Å²) in [5.74, 6) is 0.652. The second-order valence-electron chi connectivity index (χ2n) is 8.27. The Morgan fingerprint density at radius 3 is 2.50 bits per heavy atom. The Morgan fingerprint density at radius 2 is 1.87 bits per heavy atom. The molecule has 2 aromatic heterocycles. The number of carbonyl (C=O) groups is 1. The molecule has 1 amide bonds. The first-order valence-electron chi connectivity index (χ1n) is 10.6. The molecule has 160 valence electrons. The molecule has 1 N–H and O–H groups in total. The maximum absolute atomic E-state index is 12.3. The van der Waals surface area contributed by atoms with Gasteiger partial charge < -0.3 is 5.32 Å². The normalized spacial score (nSPS) is 11.3. The third-order valence-corrected chi connectivity index (χ3v) is 6.05. The first kappa shape index (κ1) is 22.2. The first-order chi connectivity index (χ1) is 14.3. The van der Waals surface area contributed by atoms with Gasteiger partial charge in [0.05, 0.1) is 16.4 Å². The third-order valence-electron chi connectivity index (χ3n) is 5.28. The Labute approximate surface area is 183 Å². The van der Waals surface area contributed by atoms with E-state index >= 15 is 0 Å². The van der Waals surface area contributed by atoms with Gasteiger partial charge in [-0.1, -0.05) is 38.1 Å². The minimum Gasteiger partial charge on any atom is -0.356 e. The molecule has 1 aromatic carbocycles. The average Bonchev–Trinajstić information content (AvgIpc) is 3.24. The van der Waals surface area contributed by atoms with E-state index in [9.17, 15) is 4.79 Å². The summed E-state index contributed by atoms with van der Waals surface area (Å²) in [4.78, 5) is 16.8. The van der Waals surface area contributed by atoms with Crippen molar-refractivity contribution in [2.75, 3.05) is 6.54 Å². The van der Waals surface area contributed by atoms with Crippen LogP contribution in [0.5, 0.6) is 0 Å². The highest BCUT2D eigenvalue weighted by Crippen LogP contribution is 2.22. The second kappa shape index (κ2) is 10.0. The zero-order chi connectivity index (χ0) is 21.7. The zero-order valence-electron chi connectivity index (χ0n) is 18.7. The van der Waals surface area contributed by atoms with Crippen molar-refractivity contribution in [1.82, 2.24) is 20.1 Å². The van der Waals surface area contributed by atoms with Crippen LogP contribution in [0.2, 0.25) is 0 Å². The smallest absolute Gasteiger partial charge is 0.220 e. The van der Waals surface area contributed by atoms with Crippen LogP contribution in [0.15, 0.2) is 29.6 Å². The highest BCUT2D eigenvalue weighted by molar-refractivity contribution is 7.09. The molecule has 5 nitrogen and oxygen atoms in total. The van der Waals surface area contributed by atoms with Gasteiger partial charge in [0.1, 0.15) is 0 Å². The van der Waals surface area contributed by atoms with Crippen molar-refractivity contribution in [2.24, 2.45) is 5.92 Å². The monoisotopic (exact) mass is 424 g/mol. The molecule has 0 atom stereocenters. The van der Waals surface area contributed by atoms with Gasteiger partial charge in [-0.05, 0) is 50.7 Å². The third kappa shape index (κ3) is 5.79. The molecular formula is C24H32N4OS. The van der Waals surface area contributed by atoms with Crippen LogP contribution in [0.3, 0.4) is 0 Å². The average molecular weight is 425 g/mol. The fourth-order valence-corrected chi connectivity index (χ4v) is 4.25.